The van der Waals surface area contributed by atoms with Crippen molar-refractivity contribution in [3.05, 3.63) is 48.0 Å². The van der Waals surface area contributed by atoms with Crippen molar-refractivity contribution < 1.29 is 4.74 Å². The monoisotopic (exact) mass is 231 g/mol. The Morgan fingerprint density at radius 3 is 3.12 bits per heavy atom. The Bertz CT molecular complexity index is 440. The summed E-state index contributed by atoms with van der Waals surface area (Å²) in [5.74, 6) is 0.924. The molecule has 0 radical (unpaired) electrons. The van der Waals surface area contributed by atoms with Gasteiger partial charge < -0.3 is 15.0 Å². The maximum Gasteiger partial charge on any atom is 0.119 e. The molecule has 1 aromatic heterocycles. The Kier molecular flexibility index (Phi) is 4.16. The van der Waals surface area contributed by atoms with Crippen molar-refractivity contribution in [1.82, 2.24) is 15.3 Å². The molecule has 0 amide bonds. The van der Waals surface area contributed by atoms with Crippen molar-refractivity contribution in [3.8, 4) is 5.75 Å². The highest BCUT2D eigenvalue weighted by Gasteiger charge is 1.95. The number of rotatable bonds is 6. The number of aromatic nitrogens is 2. The first-order valence-corrected chi connectivity index (χ1v) is 5.72. The van der Waals surface area contributed by atoms with Crippen molar-refractivity contribution >= 4 is 0 Å². The first kappa shape index (κ1) is 11.7. The van der Waals surface area contributed by atoms with Gasteiger partial charge in [-0.2, -0.15) is 0 Å². The van der Waals surface area contributed by atoms with Crippen molar-refractivity contribution in [3.63, 3.8) is 0 Å². The molecule has 1 heterocycles. The third-order valence-electron chi connectivity index (χ3n) is 2.41. The number of H-pyrrole nitrogens is 1. The third kappa shape index (κ3) is 3.92. The zero-order valence-corrected chi connectivity index (χ0v) is 9.94. The fourth-order valence-corrected chi connectivity index (χ4v) is 1.55. The van der Waals surface area contributed by atoms with Gasteiger partial charge in [0.25, 0.3) is 0 Å². The van der Waals surface area contributed by atoms with Crippen LogP contribution in [-0.4, -0.2) is 23.1 Å². The second-order valence-corrected chi connectivity index (χ2v) is 3.92. The van der Waals surface area contributed by atoms with Crippen LogP contribution >= 0.6 is 0 Å². The molecule has 17 heavy (non-hydrogen) atoms. The Labute approximate surface area is 101 Å². The van der Waals surface area contributed by atoms with Crippen LogP contribution in [0.2, 0.25) is 0 Å². The molecule has 0 aliphatic carbocycles. The van der Waals surface area contributed by atoms with E-state index in [0.717, 1.165) is 24.5 Å². The van der Waals surface area contributed by atoms with E-state index < -0.39 is 0 Å². The summed E-state index contributed by atoms with van der Waals surface area (Å²) in [6, 6.07) is 8.07. The molecule has 2 rings (SSSR count). The van der Waals surface area contributed by atoms with Crippen molar-refractivity contribution in [2.75, 3.05) is 13.2 Å². The maximum atomic E-state index is 5.62. The van der Waals surface area contributed by atoms with E-state index >= 15 is 0 Å². The topological polar surface area (TPSA) is 49.9 Å². The lowest BCUT2D eigenvalue weighted by Crippen LogP contribution is -2.20. The van der Waals surface area contributed by atoms with Crippen LogP contribution in [0.5, 0.6) is 5.75 Å². The summed E-state index contributed by atoms with van der Waals surface area (Å²) in [6.07, 6.45) is 3.49. The Balaban J connectivity index is 1.63. The number of aromatic amines is 1. The highest BCUT2D eigenvalue weighted by molar-refractivity contribution is 5.27. The van der Waals surface area contributed by atoms with Gasteiger partial charge in [-0.25, -0.2) is 4.98 Å². The van der Waals surface area contributed by atoms with Crippen LogP contribution in [0.25, 0.3) is 0 Å². The molecule has 0 saturated heterocycles. The Morgan fingerprint density at radius 1 is 1.41 bits per heavy atom. The van der Waals surface area contributed by atoms with E-state index in [-0.39, 0.29) is 0 Å². The lowest BCUT2D eigenvalue weighted by atomic mass is 10.2. The van der Waals surface area contributed by atoms with Gasteiger partial charge in [0.15, 0.2) is 0 Å². The Hall–Kier alpha value is -1.81. The number of benzene rings is 1. The van der Waals surface area contributed by atoms with Crippen LogP contribution in [0.4, 0.5) is 0 Å². The Morgan fingerprint density at radius 2 is 2.35 bits per heavy atom. The molecule has 0 aliphatic heterocycles. The zero-order valence-electron chi connectivity index (χ0n) is 9.94. The SMILES string of the molecule is Cc1cccc(OCCNCc2cnc[nH]2)c1. The number of imidazole rings is 1. The van der Waals surface area contributed by atoms with E-state index in [0.29, 0.717) is 6.61 Å². The molecule has 2 N–H and O–H groups in total. The predicted molar refractivity (Wildman–Crippen MR) is 67.0 cm³/mol. The summed E-state index contributed by atoms with van der Waals surface area (Å²) in [5.41, 5.74) is 2.30. The van der Waals surface area contributed by atoms with E-state index in [9.17, 15) is 0 Å². The standard InChI is InChI=1S/C13H17N3O/c1-11-3-2-4-13(7-11)17-6-5-14-8-12-9-15-10-16-12/h2-4,7,9-10,14H,5-6,8H2,1H3,(H,15,16). The molecule has 0 fully saturated rings. The summed E-state index contributed by atoms with van der Waals surface area (Å²) in [6.45, 7) is 4.32. The molecule has 1 aromatic carbocycles. The van der Waals surface area contributed by atoms with Gasteiger partial charge in [-0.1, -0.05) is 12.1 Å². The van der Waals surface area contributed by atoms with Crippen LogP contribution < -0.4 is 10.1 Å². The smallest absolute Gasteiger partial charge is 0.119 e. The molecule has 90 valence electrons. The highest BCUT2D eigenvalue weighted by atomic mass is 16.5. The first-order chi connectivity index (χ1) is 8.34. The summed E-state index contributed by atoms with van der Waals surface area (Å²) >= 11 is 0. The molecule has 4 nitrogen and oxygen atoms in total. The van der Waals surface area contributed by atoms with Crippen LogP contribution in [0.15, 0.2) is 36.8 Å². The van der Waals surface area contributed by atoms with Gasteiger partial charge in [0.1, 0.15) is 12.4 Å². The summed E-state index contributed by atoms with van der Waals surface area (Å²) < 4.78 is 5.62. The molecular formula is C13H17N3O. The van der Waals surface area contributed by atoms with Crippen LogP contribution in [0.1, 0.15) is 11.3 Å². The minimum atomic E-state index is 0.664. The van der Waals surface area contributed by atoms with Gasteiger partial charge in [0.05, 0.1) is 6.33 Å². The summed E-state index contributed by atoms with van der Waals surface area (Å²) in [4.78, 5) is 6.99. The fraction of sp³-hybridized carbons (Fsp3) is 0.308. The van der Waals surface area contributed by atoms with Crippen LogP contribution in [0.3, 0.4) is 0 Å². The normalized spacial score (nSPS) is 10.4. The molecular weight excluding hydrogens is 214 g/mol. The molecule has 0 aliphatic rings. The lowest BCUT2D eigenvalue weighted by molar-refractivity contribution is 0.313. The predicted octanol–water partition coefficient (Wildman–Crippen LogP) is 1.89. The first-order valence-electron chi connectivity index (χ1n) is 5.72. The van der Waals surface area contributed by atoms with E-state index in [1.54, 1.807) is 6.33 Å². The average Bonchev–Trinajstić information content (AvgIpc) is 2.82. The number of ether oxygens (including phenoxy) is 1. The summed E-state index contributed by atoms with van der Waals surface area (Å²) in [5, 5.41) is 3.28. The molecule has 0 spiro atoms. The lowest BCUT2D eigenvalue weighted by Gasteiger charge is -2.07. The van der Waals surface area contributed by atoms with E-state index in [1.807, 2.05) is 24.4 Å². The second kappa shape index (κ2) is 6.06. The molecule has 0 bridgehead atoms. The molecule has 0 atom stereocenters. The minimum absolute atomic E-state index is 0.664. The van der Waals surface area contributed by atoms with Crippen LogP contribution in [0, 0.1) is 6.92 Å². The molecule has 4 heteroatoms. The van der Waals surface area contributed by atoms with Gasteiger partial charge >= 0.3 is 0 Å². The van der Waals surface area contributed by atoms with Crippen LogP contribution in [-0.2, 0) is 6.54 Å². The molecule has 2 aromatic rings. The van der Waals surface area contributed by atoms with E-state index in [4.69, 9.17) is 4.74 Å². The number of aryl methyl sites for hydroxylation is 1. The maximum absolute atomic E-state index is 5.62. The number of hydrogen-bond acceptors (Lipinski definition) is 3. The van der Waals surface area contributed by atoms with Gasteiger partial charge in [0.2, 0.25) is 0 Å². The third-order valence-corrected chi connectivity index (χ3v) is 2.41. The van der Waals surface area contributed by atoms with E-state index in [1.165, 1.54) is 5.56 Å². The fourth-order valence-electron chi connectivity index (χ4n) is 1.55. The minimum Gasteiger partial charge on any atom is -0.492 e. The van der Waals surface area contributed by atoms with E-state index in [2.05, 4.69) is 28.3 Å². The highest BCUT2D eigenvalue weighted by Crippen LogP contribution is 2.11. The van der Waals surface area contributed by atoms with Crippen molar-refractivity contribution in [2.24, 2.45) is 0 Å². The number of nitrogens with one attached hydrogen (secondary N) is 2. The largest absolute Gasteiger partial charge is 0.492 e. The van der Waals surface area contributed by atoms with Crippen molar-refractivity contribution in [2.45, 2.75) is 13.5 Å². The zero-order chi connectivity index (χ0) is 11.9. The quantitative estimate of drug-likeness (QED) is 0.746. The molecule has 0 saturated carbocycles. The molecule has 0 unspecified atom stereocenters. The second-order valence-electron chi connectivity index (χ2n) is 3.92. The van der Waals surface area contributed by atoms with Gasteiger partial charge in [-0.15, -0.1) is 0 Å². The number of hydrogen-bond donors (Lipinski definition) is 2. The summed E-state index contributed by atoms with van der Waals surface area (Å²) in [7, 11) is 0. The van der Waals surface area contributed by atoms with Crippen molar-refractivity contribution in [1.29, 1.82) is 0 Å². The van der Waals surface area contributed by atoms with Gasteiger partial charge in [-0.05, 0) is 24.6 Å². The average molecular weight is 231 g/mol. The van der Waals surface area contributed by atoms with Gasteiger partial charge in [-0.3, -0.25) is 0 Å². The number of nitrogens with zero attached hydrogens (tertiary/aromatic N) is 1. The van der Waals surface area contributed by atoms with Gasteiger partial charge in [0, 0.05) is 25.0 Å².